The Balaban J connectivity index is 1.50. The third-order valence-electron chi connectivity index (χ3n) is 8.02. The zero-order valence-corrected chi connectivity index (χ0v) is 22.3. The van der Waals surface area contributed by atoms with E-state index in [4.69, 9.17) is 5.73 Å². The number of fused-ring (bicyclic) bond motifs is 1. The van der Waals surface area contributed by atoms with Gasteiger partial charge in [0.05, 0.1) is 12.1 Å². The molecule has 2 heterocycles. The van der Waals surface area contributed by atoms with Gasteiger partial charge in [0.1, 0.15) is 5.78 Å². The lowest BCUT2D eigenvalue weighted by molar-refractivity contribution is -0.142. The SMILES string of the molecule is CC(=O)CC[C@H](C(=O)CCc1ccc(C)cc1)N1CCC(CCc2ccccc2)N2C[C@H](N)C[C@H]2C1=O. The van der Waals surface area contributed by atoms with E-state index in [2.05, 4.69) is 53.4 Å². The first-order valence-corrected chi connectivity index (χ1v) is 13.7. The van der Waals surface area contributed by atoms with Crippen molar-refractivity contribution in [2.75, 3.05) is 13.1 Å². The fourth-order valence-corrected chi connectivity index (χ4v) is 5.91. The molecule has 0 spiro atoms. The minimum atomic E-state index is -0.562. The lowest BCUT2D eigenvalue weighted by Crippen LogP contribution is -2.50. The quantitative estimate of drug-likeness (QED) is 0.503. The van der Waals surface area contributed by atoms with E-state index in [1.165, 1.54) is 11.1 Å². The second-order valence-electron chi connectivity index (χ2n) is 10.9. The molecule has 37 heavy (non-hydrogen) atoms. The van der Waals surface area contributed by atoms with Crippen molar-refractivity contribution in [3.8, 4) is 0 Å². The maximum absolute atomic E-state index is 13.9. The first-order chi connectivity index (χ1) is 17.8. The molecule has 2 aliphatic heterocycles. The molecule has 198 valence electrons. The number of amides is 1. The van der Waals surface area contributed by atoms with E-state index < -0.39 is 6.04 Å². The van der Waals surface area contributed by atoms with Gasteiger partial charge in [-0.3, -0.25) is 14.5 Å². The summed E-state index contributed by atoms with van der Waals surface area (Å²) < 4.78 is 0. The van der Waals surface area contributed by atoms with Gasteiger partial charge in [0.25, 0.3) is 0 Å². The monoisotopic (exact) mass is 503 g/mol. The number of hydrogen-bond acceptors (Lipinski definition) is 5. The van der Waals surface area contributed by atoms with E-state index in [0.717, 1.165) is 24.8 Å². The molecule has 0 radical (unpaired) electrons. The predicted octanol–water partition coefficient (Wildman–Crippen LogP) is 3.87. The molecule has 2 fully saturated rings. The minimum absolute atomic E-state index is 0.00685. The van der Waals surface area contributed by atoms with Gasteiger partial charge in [-0.1, -0.05) is 60.2 Å². The fourth-order valence-electron chi connectivity index (χ4n) is 5.91. The van der Waals surface area contributed by atoms with E-state index in [1.54, 1.807) is 11.8 Å². The molecule has 2 N–H and O–H groups in total. The standard InChI is InChI=1S/C31H41N3O3/c1-22-8-11-25(12-9-22)14-17-30(36)28(16-10-23(2)35)33-19-18-27(15-13-24-6-4-3-5-7-24)34-21-26(32)20-29(34)31(33)37/h3-9,11-12,26-29H,10,13-21,32H2,1-2H3/t26-,27?,28-,29+/m1/s1. The van der Waals surface area contributed by atoms with Crippen LogP contribution < -0.4 is 5.73 Å². The number of Topliss-reactive ketones (excluding diaryl/α,β-unsaturated/α-hetero) is 2. The van der Waals surface area contributed by atoms with Crippen molar-refractivity contribution >= 4 is 17.5 Å². The van der Waals surface area contributed by atoms with Crippen molar-refractivity contribution in [2.24, 2.45) is 5.73 Å². The molecule has 2 aromatic carbocycles. The highest BCUT2D eigenvalue weighted by Gasteiger charge is 2.45. The predicted molar refractivity (Wildman–Crippen MR) is 146 cm³/mol. The van der Waals surface area contributed by atoms with Gasteiger partial charge in [0, 0.05) is 38.0 Å². The number of nitrogens with zero attached hydrogens (tertiary/aromatic N) is 2. The second-order valence-corrected chi connectivity index (χ2v) is 10.9. The van der Waals surface area contributed by atoms with Gasteiger partial charge >= 0.3 is 0 Å². The summed E-state index contributed by atoms with van der Waals surface area (Å²) in [6.07, 6.45) is 5.02. The van der Waals surface area contributed by atoms with Crippen LogP contribution in [0.15, 0.2) is 54.6 Å². The van der Waals surface area contributed by atoms with Crippen LogP contribution in [0.2, 0.25) is 0 Å². The average Bonchev–Trinajstić information content (AvgIpc) is 3.23. The Morgan fingerprint density at radius 3 is 2.41 bits per heavy atom. The maximum Gasteiger partial charge on any atom is 0.240 e. The summed E-state index contributed by atoms with van der Waals surface area (Å²) in [6, 6.07) is 18.0. The summed E-state index contributed by atoms with van der Waals surface area (Å²) in [5.74, 6) is 0.100. The molecule has 4 atom stereocenters. The van der Waals surface area contributed by atoms with Crippen LogP contribution in [-0.2, 0) is 27.2 Å². The number of hydrogen-bond donors (Lipinski definition) is 1. The van der Waals surface area contributed by atoms with Gasteiger partial charge in [-0.05, 0) is 63.5 Å². The number of rotatable bonds is 11. The Bertz CT molecular complexity index is 1070. The van der Waals surface area contributed by atoms with Crippen LogP contribution in [0.5, 0.6) is 0 Å². The van der Waals surface area contributed by atoms with Crippen LogP contribution in [0, 0.1) is 6.92 Å². The van der Waals surface area contributed by atoms with E-state index in [9.17, 15) is 14.4 Å². The Kier molecular flexibility index (Phi) is 9.28. The van der Waals surface area contributed by atoms with Crippen molar-refractivity contribution < 1.29 is 14.4 Å². The van der Waals surface area contributed by atoms with Gasteiger partial charge in [-0.15, -0.1) is 0 Å². The molecule has 0 bridgehead atoms. The highest BCUT2D eigenvalue weighted by atomic mass is 16.2. The van der Waals surface area contributed by atoms with E-state index in [1.807, 2.05) is 13.0 Å². The van der Waals surface area contributed by atoms with Crippen molar-refractivity contribution in [3.63, 3.8) is 0 Å². The lowest BCUT2D eigenvalue weighted by Gasteiger charge is -2.32. The molecule has 0 saturated carbocycles. The van der Waals surface area contributed by atoms with Gasteiger partial charge in [0.15, 0.2) is 5.78 Å². The van der Waals surface area contributed by atoms with Crippen molar-refractivity contribution in [2.45, 2.75) is 89.4 Å². The molecular weight excluding hydrogens is 462 g/mol. The summed E-state index contributed by atoms with van der Waals surface area (Å²) in [5, 5.41) is 0. The summed E-state index contributed by atoms with van der Waals surface area (Å²) in [4.78, 5) is 43.4. The summed E-state index contributed by atoms with van der Waals surface area (Å²) in [6.45, 7) is 4.85. The largest absolute Gasteiger partial charge is 0.331 e. The first-order valence-electron chi connectivity index (χ1n) is 13.7. The first kappa shape index (κ1) is 27.2. The third-order valence-corrected chi connectivity index (χ3v) is 8.02. The Hall–Kier alpha value is -2.83. The Morgan fingerprint density at radius 1 is 1.00 bits per heavy atom. The van der Waals surface area contributed by atoms with Gasteiger partial charge in [-0.2, -0.15) is 0 Å². The van der Waals surface area contributed by atoms with E-state index in [-0.39, 0.29) is 35.6 Å². The number of carbonyl (C=O) groups excluding carboxylic acids is 3. The summed E-state index contributed by atoms with van der Waals surface area (Å²) in [7, 11) is 0. The minimum Gasteiger partial charge on any atom is -0.331 e. The zero-order valence-electron chi connectivity index (χ0n) is 22.3. The third kappa shape index (κ3) is 7.14. The topological polar surface area (TPSA) is 83.7 Å². The van der Waals surface area contributed by atoms with Gasteiger partial charge in [-0.25, -0.2) is 0 Å². The lowest BCUT2D eigenvalue weighted by atomic mass is 9.96. The number of nitrogens with two attached hydrogens (primary N) is 1. The van der Waals surface area contributed by atoms with E-state index >= 15 is 0 Å². The number of aryl methyl sites for hydroxylation is 3. The second kappa shape index (κ2) is 12.6. The maximum atomic E-state index is 13.9. The van der Waals surface area contributed by atoms with Crippen molar-refractivity contribution in [3.05, 3.63) is 71.3 Å². The number of ketones is 2. The Morgan fingerprint density at radius 2 is 1.70 bits per heavy atom. The molecule has 4 rings (SSSR count). The molecule has 6 heteroatoms. The molecule has 2 saturated heterocycles. The smallest absolute Gasteiger partial charge is 0.240 e. The Labute approximate surface area is 221 Å². The van der Waals surface area contributed by atoms with Crippen LogP contribution in [0.4, 0.5) is 0 Å². The van der Waals surface area contributed by atoms with Crippen LogP contribution in [0.25, 0.3) is 0 Å². The van der Waals surface area contributed by atoms with Gasteiger partial charge < -0.3 is 15.4 Å². The summed E-state index contributed by atoms with van der Waals surface area (Å²) in [5.41, 5.74) is 9.95. The summed E-state index contributed by atoms with van der Waals surface area (Å²) >= 11 is 0. The van der Waals surface area contributed by atoms with Crippen LogP contribution in [-0.4, -0.2) is 64.5 Å². The van der Waals surface area contributed by atoms with Crippen LogP contribution >= 0.6 is 0 Å². The molecule has 2 aromatic rings. The van der Waals surface area contributed by atoms with Crippen molar-refractivity contribution in [1.29, 1.82) is 0 Å². The molecule has 2 aliphatic rings. The van der Waals surface area contributed by atoms with Gasteiger partial charge in [0.2, 0.25) is 5.91 Å². The zero-order chi connectivity index (χ0) is 26.4. The average molecular weight is 504 g/mol. The normalized spacial score (nSPS) is 22.9. The molecule has 1 unspecified atom stereocenters. The van der Waals surface area contributed by atoms with Crippen LogP contribution in [0.1, 0.15) is 62.1 Å². The fraction of sp³-hybridized carbons (Fsp3) is 0.516. The molecule has 6 nitrogen and oxygen atoms in total. The van der Waals surface area contributed by atoms with E-state index in [0.29, 0.717) is 45.2 Å². The number of carbonyl (C=O) groups is 3. The highest BCUT2D eigenvalue weighted by molar-refractivity contribution is 5.92. The van der Waals surface area contributed by atoms with Crippen LogP contribution in [0.3, 0.4) is 0 Å². The molecular formula is C31H41N3O3. The molecule has 0 aliphatic carbocycles. The molecule has 0 aromatic heterocycles. The molecule has 1 amide bonds. The van der Waals surface area contributed by atoms with Crippen molar-refractivity contribution in [1.82, 2.24) is 9.80 Å². The highest BCUT2D eigenvalue weighted by Crippen LogP contribution is 2.30. The number of benzene rings is 2.